The zero-order valence-electron chi connectivity index (χ0n) is 21.6. The van der Waals surface area contributed by atoms with E-state index in [4.69, 9.17) is 4.74 Å². The molecule has 0 atom stereocenters. The molecule has 13 heteroatoms. The van der Waals surface area contributed by atoms with E-state index in [0.29, 0.717) is 22.8 Å². The Morgan fingerprint density at radius 2 is 1.95 bits per heavy atom. The molecule has 4 heterocycles. The minimum atomic E-state index is -0.661. The molecule has 38 heavy (non-hydrogen) atoms. The van der Waals surface area contributed by atoms with Crippen LogP contribution in [-0.2, 0) is 23.1 Å². The lowest BCUT2D eigenvalue weighted by Crippen LogP contribution is -2.53. The number of carbonyl (C=O) groups excluding carboxylic acids is 2. The van der Waals surface area contributed by atoms with Crippen LogP contribution in [0.2, 0.25) is 0 Å². The SMILES string of the molecule is Cn1cc(Nc2ncc3cnn(Cc4cc(F)cc(N5CCN(C(=O)OC(C)(C)C)CC5=O)c4)c3n2)cn1. The minimum Gasteiger partial charge on any atom is -0.444 e. The van der Waals surface area contributed by atoms with E-state index in [0.717, 1.165) is 11.1 Å². The number of fused-ring (bicyclic) bond motifs is 1. The first-order valence-corrected chi connectivity index (χ1v) is 12.1. The van der Waals surface area contributed by atoms with Crippen LogP contribution >= 0.6 is 0 Å². The quantitative estimate of drug-likeness (QED) is 0.425. The molecule has 0 saturated carbocycles. The molecule has 1 N–H and O–H groups in total. The smallest absolute Gasteiger partial charge is 0.410 e. The molecule has 4 aromatic rings. The number of benzene rings is 1. The summed E-state index contributed by atoms with van der Waals surface area (Å²) in [6.45, 7) is 5.89. The normalized spacial score (nSPS) is 14.3. The summed E-state index contributed by atoms with van der Waals surface area (Å²) in [5.74, 6) is -0.424. The second-order valence-electron chi connectivity index (χ2n) is 10.1. The van der Waals surface area contributed by atoms with Gasteiger partial charge in [-0.3, -0.25) is 14.4 Å². The van der Waals surface area contributed by atoms with E-state index in [1.165, 1.54) is 21.9 Å². The second-order valence-corrected chi connectivity index (χ2v) is 10.1. The average molecular weight is 522 g/mol. The zero-order chi connectivity index (χ0) is 27.0. The third-order valence-electron chi connectivity index (χ3n) is 5.80. The number of carbonyl (C=O) groups is 2. The maximum atomic E-state index is 14.7. The highest BCUT2D eigenvalue weighted by Crippen LogP contribution is 2.24. The molecule has 0 unspecified atom stereocenters. The van der Waals surface area contributed by atoms with Crippen molar-refractivity contribution in [1.82, 2.24) is 34.4 Å². The van der Waals surface area contributed by atoms with Gasteiger partial charge in [-0.2, -0.15) is 15.2 Å². The van der Waals surface area contributed by atoms with E-state index in [-0.39, 0.29) is 32.1 Å². The molecule has 198 valence electrons. The number of halogens is 1. The first-order valence-electron chi connectivity index (χ1n) is 12.1. The summed E-state index contributed by atoms with van der Waals surface area (Å²) in [6, 6.07) is 4.45. The van der Waals surface area contributed by atoms with Crippen molar-refractivity contribution in [1.29, 1.82) is 0 Å². The summed E-state index contributed by atoms with van der Waals surface area (Å²) in [7, 11) is 1.81. The fourth-order valence-electron chi connectivity index (χ4n) is 4.14. The van der Waals surface area contributed by atoms with Gasteiger partial charge in [-0.25, -0.2) is 18.9 Å². The third kappa shape index (κ3) is 5.56. The Kier molecular flexibility index (Phi) is 6.43. The van der Waals surface area contributed by atoms with E-state index in [2.05, 4.69) is 25.5 Å². The largest absolute Gasteiger partial charge is 0.444 e. The molecule has 1 aliphatic heterocycles. The van der Waals surface area contributed by atoms with Gasteiger partial charge in [0.2, 0.25) is 11.9 Å². The molecular formula is C25H28FN9O3. The first kappa shape index (κ1) is 25.1. The highest BCUT2D eigenvalue weighted by Gasteiger charge is 2.31. The van der Waals surface area contributed by atoms with E-state index in [1.54, 1.807) is 61.0 Å². The van der Waals surface area contributed by atoms with Crippen LogP contribution in [0.15, 0.2) is 43.0 Å². The number of aromatic nitrogens is 6. The Hall–Kier alpha value is -4.55. The van der Waals surface area contributed by atoms with Gasteiger partial charge in [-0.05, 0) is 44.5 Å². The summed E-state index contributed by atoms with van der Waals surface area (Å²) in [5.41, 5.74) is 1.67. The van der Waals surface area contributed by atoms with E-state index < -0.39 is 17.5 Å². The van der Waals surface area contributed by atoms with Gasteiger partial charge < -0.3 is 15.0 Å². The fraction of sp³-hybridized carbons (Fsp3) is 0.360. The number of amides is 2. The number of piperazine rings is 1. The summed E-state index contributed by atoms with van der Waals surface area (Å²) in [5, 5.41) is 12.3. The Balaban J connectivity index is 1.33. The number of ether oxygens (including phenoxy) is 1. The molecule has 1 saturated heterocycles. The van der Waals surface area contributed by atoms with Crippen molar-refractivity contribution in [3.8, 4) is 0 Å². The van der Waals surface area contributed by atoms with Crippen LogP contribution in [0.25, 0.3) is 11.0 Å². The maximum absolute atomic E-state index is 14.7. The number of nitrogens with one attached hydrogen (secondary N) is 1. The van der Waals surface area contributed by atoms with E-state index in [9.17, 15) is 14.0 Å². The van der Waals surface area contributed by atoms with Crippen molar-refractivity contribution in [2.45, 2.75) is 32.9 Å². The van der Waals surface area contributed by atoms with Crippen LogP contribution in [0.3, 0.4) is 0 Å². The standard InChI is InChI=1S/C25H28FN9O3/c1-25(2,3)38-24(37)33-5-6-34(21(36)15-33)20-8-16(7-18(26)9-20)13-35-22-17(11-29-35)10-27-23(31-22)30-19-12-28-32(4)14-19/h7-12,14H,5-6,13,15H2,1-4H3,(H,27,30,31). The Bertz CT molecular complexity index is 1510. The van der Waals surface area contributed by atoms with Gasteiger partial charge in [-0.1, -0.05) is 0 Å². The lowest BCUT2D eigenvalue weighted by Gasteiger charge is -2.35. The topological polar surface area (TPSA) is 123 Å². The van der Waals surface area contributed by atoms with Crippen LogP contribution in [0.4, 0.5) is 26.5 Å². The molecule has 2 amide bonds. The Labute approximate surface area is 218 Å². The molecule has 0 radical (unpaired) electrons. The van der Waals surface area contributed by atoms with Crippen LogP contribution in [0.1, 0.15) is 26.3 Å². The molecule has 5 rings (SSSR count). The average Bonchev–Trinajstić information content (AvgIpc) is 3.43. The molecule has 0 aliphatic carbocycles. The predicted molar refractivity (Wildman–Crippen MR) is 137 cm³/mol. The van der Waals surface area contributed by atoms with Crippen LogP contribution in [0.5, 0.6) is 0 Å². The van der Waals surface area contributed by atoms with Crippen molar-refractivity contribution in [2.24, 2.45) is 7.05 Å². The van der Waals surface area contributed by atoms with Crippen LogP contribution < -0.4 is 10.2 Å². The van der Waals surface area contributed by atoms with Gasteiger partial charge in [-0.15, -0.1) is 0 Å². The van der Waals surface area contributed by atoms with Crippen molar-refractivity contribution in [3.63, 3.8) is 0 Å². The van der Waals surface area contributed by atoms with Crippen molar-refractivity contribution in [2.75, 3.05) is 29.9 Å². The van der Waals surface area contributed by atoms with Gasteiger partial charge in [0.25, 0.3) is 0 Å². The highest BCUT2D eigenvalue weighted by atomic mass is 19.1. The molecule has 3 aromatic heterocycles. The van der Waals surface area contributed by atoms with Gasteiger partial charge in [0, 0.05) is 38.2 Å². The monoisotopic (exact) mass is 521 g/mol. The van der Waals surface area contributed by atoms with Gasteiger partial charge >= 0.3 is 6.09 Å². The number of rotatable bonds is 5. The molecule has 1 fully saturated rings. The first-order chi connectivity index (χ1) is 18.0. The number of aryl methyl sites for hydroxylation is 1. The lowest BCUT2D eigenvalue weighted by atomic mass is 10.1. The van der Waals surface area contributed by atoms with Crippen molar-refractivity contribution >= 4 is 40.4 Å². The van der Waals surface area contributed by atoms with E-state index in [1.807, 2.05) is 7.05 Å². The summed E-state index contributed by atoms with van der Waals surface area (Å²) in [6.07, 6.45) is 6.21. The van der Waals surface area contributed by atoms with E-state index >= 15 is 0 Å². The van der Waals surface area contributed by atoms with Crippen LogP contribution in [0, 0.1) is 5.82 Å². The maximum Gasteiger partial charge on any atom is 0.410 e. The number of hydrogen-bond donors (Lipinski definition) is 1. The fourth-order valence-corrected chi connectivity index (χ4v) is 4.14. The molecule has 0 spiro atoms. The number of nitrogens with zero attached hydrogens (tertiary/aromatic N) is 8. The van der Waals surface area contributed by atoms with Crippen molar-refractivity contribution in [3.05, 3.63) is 54.4 Å². The predicted octanol–water partition coefficient (Wildman–Crippen LogP) is 3.07. The molecule has 1 aromatic carbocycles. The van der Waals surface area contributed by atoms with Gasteiger partial charge in [0.15, 0.2) is 5.65 Å². The van der Waals surface area contributed by atoms with Crippen LogP contribution in [-0.4, -0.2) is 71.7 Å². The second kappa shape index (κ2) is 9.72. The van der Waals surface area contributed by atoms with Crippen molar-refractivity contribution < 1.29 is 18.7 Å². The summed E-state index contributed by atoms with van der Waals surface area (Å²) < 4.78 is 23.3. The number of hydrogen-bond acceptors (Lipinski definition) is 8. The summed E-state index contributed by atoms with van der Waals surface area (Å²) in [4.78, 5) is 37.0. The lowest BCUT2D eigenvalue weighted by molar-refractivity contribution is -0.121. The third-order valence-corrected chi connectivity index (χ3v) is 5.80. The highest BCUT2D eigenvalue weighted by molar-refractivity contribution is 5.97. The zero-order valence-corrected chi connectivity index (χ0v) is 21.6. The molecule has 12 nitrogen and oxygen atoms in total. The minimum absolute atomic E-state index is 0.145. The Morgan fingerprint density at radius 3 is 2.66 bits per heavy atom. The van der Waals surface area contributed by atoms with Gasteiger partial charge in [0.1, 0.15) is 18.0 Å². The molecular weight excluding hydrogens is 493 g/mol. The van der Waals surface area contributed by atoms with Gasteiger partial charge in [0.05, 0.1) is 30.0 Å². The number of anilines is 3. The molecule has 1 aliphatic rings. The molecule has 0 bridgehead atoms. The Morgan fingerprint density at radius 1 is 1.13 bits per heavy atom. The summed E-state index contributed by atoms with van der Waals surface area (Å²) >= 11 is 0.